The number of aryl methyl sites for hydroxylation is 1. The number of rotatable bonds is 5. The predicted octanol–water partition coefficient (Wildman–Crippen LogP) is 3.20. The Morgan fingerprint density at radius 2 is 1.93 bits per heavy atom. The molecule has 1 amide bonds. The number of amides is 1. The number of nitrogens with one attached hydrogen (secondary N) is 2. The molecule has 0 aliphatic rings. The first-order valence-electron chi connectivity index (χ1n) is 9.83. The number of nitrogens with zero attached hydrogens (tertiary/aromatic N) is 4. The fourth-order valence-electron chi connectivity index (χ4n) is 3.46. The molecule has 1 unspecified atom stereocenters. The molecule has 8 heteroatoms. The number of fused-ring (bicyclic) bond motifs is 1. The summed E-state index contributed by atoms with van der Waals surface area (Å²) >= 11 is 0. The topological polar surface area (TPSA) is 97.1 Å². The number of carbonyl (C=O) groups is 1. The average molecular weight is 404 g/mol. The number of aromatic amines is 1. The Bertz CT molecular complexity index is 1280. The fourth-order valence-corrected chi connectivity index (χ4v) is 3.46. The van der Waals surface area contributed by atoms with Crippen molar-refractivity contribution in [1.29, 1.82) is 0 Å². The molecule has 3 aromatic heterocycles. The Kier molecular flexibility index (Phi) is 4.99. The van der Waals surface area contributed by atoms with Crippen molar-refractivity contribution in [2.45, 2.75) is 40.2 Å². The monoisotopic (exact) mass is 404 g/mol. The number of carbonyl (C=O) groups excluding carboxylic acids is 1. The minimum atomic E-state index is -0.328. The van der Waals surface area contributed by atoms with E-state index in [2.05, 4.69) is 20.5 Å². The Hall–Kier alpha value is -3.68. The smallest absolute Gasteiger partial charge is 0.272 e. The van der Waals surface area contributed by atoms with E-state index in [1.807, 2.05) is 50.6 Å². The van der Waals surface area contributed by atoms with Gasteiger partial charge < -0.3 is 5.32 Å². The van der Waals surface area contributed by atoms with Crippen LogP contribution in [0.4, 0.5) is 5.69 Å². The summed E-state index contributed by atoms with van der Waals surface area (Å²) in [6, 6.07) is 10.7. The first-order chi connectivity index (χ1) is 14.3. The van der Waals surface area contributed by atoms with Gasteiger partial charge >= 0.3 is 0 Å². The lowest BCUT2D eigenvalue weighted by Crippen LogP contribution is -2.20. The number of anilines is 1. The van der Waals surface area contributed by atoms with Crippen LogP contribution in [0.25, 0.3) is 5.65 Å². The maximum absolute atomic E-state index is 12.8. The second-order valence-corrected chi connectivity index (χ2v) is 7.56. The molecule has 8 nitrogen and oxygen atoms in total. The van der Waals surface area contributed by atoms with Crippen LogP contribution in [0.3, 0.4) is 0 Å². The van der Waals surface area contributed by atoms with E-state index < -0.39 is 0 Å². The molecule has 154 valence electrons. The van der Waals surface area contributed by atoms with Gasteiger partial charge in [-0.2, -0.15) is 5.10 Å². The summed E-state index contributed by atoms with van der Waals surface area (Å²) < 4.78 is 3.22. The third kappa shape index (κ3) is 3.52. The predicted molar refractivity (Wildman–Crippen MR) is 115 cm³/mol. The first kappa shape index (κ1) is 19.6. The van der Waals surface area contributed by atoms with E-state index in [-0.39, 0.29) is 17.4 Å². The van der Waals surface area contributed by atoms with E-state index >= 15 is 0 Å². The van der Waals surface area contributed by atoms with Crippen LogP contribution in [0, 0.1) is 20.8 Å². The van der Waals surface area contributed by atoms with Gasteiger partial charge in [-0.15, -0.1) is 0 Å². The van der Waals surface area contributed by atoms with Crippen molar-refractivity contribution in [1.82, 2.24) is 24.4 Å². The van der Waals surface area contributed by atoms with Gasteiger partial charge in [0, 0.05) is 36.1 Å². The van der Waals surface area contributed by atoms with Crippen LogP contribution in [-0.2, 0) is 6.54 Å². The minimum absolute atomic E-state index is 0.0555. The second kappa shape index (κ2) is 7.62. The highest BCUT2D eigenvalue weighted by atomic mass is 16.2. The molecule has 0 radical (unpaired) electrons. The average Bonchev–Trinajstić information content (AvgIpc) is 3.26. The summed E-state index contributed by atoms with van der Waals surface area (Å²) in [5, 5.41) is 10.2. The molecule has 0 bridgehead atoms. The summed E-state index contributed by atoms with van der Waals surface area (Å²) in [7, 11) is 0. The normalized spacial score (nSPS) is 12.3. The minimum Gasteiger partial charge on any atom is -0.322 e. The number of hydrogen-bond acceptors (Lipinski definition) is 4. The van der Waals surface area contributed by atoms with Gasteiger partial charge in [0.25, 0.3) is 11.5 Å². The van der Waals surface area contributed by atoms with Gasteiger partial charge in [0.05, 0.1) is 11.4 Å². The zero-order valence-corrected chi connectivity index (χ0v) is 17.4. The van der Waals surface area contributed by atoms with E-state index in [1.165, 1.54) is 16.8 Å². The van der Waals surface area contributed by atoms with E-state index in [1.54, 1.807) is 12.1 Å². The van der Waals surface area contributed by atoms with Crippen LogP contribution >= 0.6 is 0 Å². The third-order valence-corrected chi connectivity index (χ3v) is 5.49. The number of benzene rings is 1. The second-order valence-electron chi connectivity index (χ2n) is 7.56. The number of hydrogen-bond donors (Lipinski definition) is 2. The zero-order chi connectivity index (χ0) is 21.4. The van der Waals surface area contributed by atoms with Crippen molar-refractivity contribution >= 4 is 17.2 Å². The molecular weight excluding hydrogens is 380 g/mol. The van der Waals surface area contributed by atoms with E-state index in [0.717, 1.165) is 17.0 Å². The van der Waals surface area contributed by atoms with Crippen molar-refractivity contribution in [3.8, 4) is 0 Å². The van der Waals surface area contributed by atoms with Crippen LogP contribution in [0.15, 0.2) is 47.4 Å². The third-order valence-electron chi connectivity index (χ3n) is 5.49. The number of aromatic nitrogens is 5. The molecule has 3 heterocycles. The summed E-state index contributed by atoms with van der Waals surface area (Å²) in [4.78, 5) is 30.0. The van der Waals surface area contributed by atoms with Crippen LogP contribution in [0.2, 0.25) is 0 Å². The van der Waals surface area contributed by atoms with Crippen LogP contribution in [0.1, 0.15) is 45.8 Å². The van der Waals surface area contributed by atoms with Gasteiger partial charge in [0.2, 0.25) is 0 Å². The van der Waals surface area contributed by atoms with E-state index in [9.17, 15) is 9.59 Å². The van der Waals surface area contributed by atoms with Crippen molar-refractivity contribution in [3.63, 3.8) is 0 Å². The summed E-state index contributed by atoms with van der Waals surface area (Å²) in [6.45, 7) is 8.66. The molecule has 0 fully saturated rings. The van der Waals surface area contributed by atoms with Crippen LogP contribution < -0.4 is 10.9 Å². The number of para-hydroxylation sites is 1. The van der Waals surface area contributed by atoms with Gasteiger partial charge in [0.1, 0.15) is 5.56 Å². The maximum Gasteiger partial charge on any atom is 0.272 e. The molecule has 1 atom stereocenters. The van der Waals surface area contributed by atoms with Gasteiger partial charge in [0.15, 0.2) is 5.65 Å². The highest BCUT2D eigenvalue weighted by molar-refractivity contribution is 6.08. The summed E-state index contributed by atoms with van der Waals surface area (Å²) in [5.41, 5.74) is 4.92. The summed E-state index contributed by atoms with van der Waals surface area (Å²) in [6.07, 6.45) is 1.50. The van der Waals surface area contributed by atoms with E-state index in [0.29, 0.717) is 29.1 Å². The van der Waals surface area contributed by atoms with Crippen molar-refractivity contribution in [3.05, 3.63) is 81.2 Å². The molecule has 0 saturated carbocycles. The van der Waals surface area contributed by atoms with Crippen molar-refractivity contribution < 1.29 is 4.79 Å². The van der Waals surface area contributed by atoms with Gasteiger partial charge in [-0.3, -0.25) is 19.4 Å². The van der Waals surface area contributed by atoms with Crippen molar-refractivity contribution in [2.24, 2.45) is 0 Å². The molecular formula is C22H24N6O2. The van der Waals surface area contributed by atoms with Gasteiger partial charge in [-0.25, -0.2) is 9.50 Å². The highest BCUT2D eigenvalue weighted by Crippen LogP contribution is 2.19. The Labute approximate surface area is 173 Å². The first-order valence-corrected chi connectivity index (χ1v) is 9.83. The molecule has 0 aliphatic heterocycles. The molecule has 30 heavy (non-hydrogen) atoms. The number of H-pyrrole nitrogens is 1. The van der Waals surface area contributed by atoms with E-state index in [4.69, 9.17) is 0 Å². The lowest BCUT2D eigenvalue weighted by molar-refractivity contribution is 0.102. The molecule has 0 spiro atoms. The Morgan fingerprint density at radius 3 is 2.60 bits per heavy atom. The molecule has 4 aromatic rings. The molecule has 1 aromatic carbocycles. The molecule has 0 saturated heterocycles. The van der Waals surface area contributed by atoms with Crippen molar-refractivity contribution in [2.75, 3.05) is 5.32 Å². The fraction of sp³-hybridized carbons (Fsp3) is 0.273. The quantitative estimate of drug-likeness (QED) is 0.534. The molecule has 2 N–H and O–H groups in total. The largest absolute Gasteiger partial charge is 0.322 e. The lowest BCUT2D eigenvalue weighted by atomic mass is 10.1. The maximum atomic E-state index is 12.8. The van der Waals surface area contributed by atoms with Gasteiger partial charge in [-0.05, 0) is 38.5 Å². The van der Waals surface area contributed by atoms with Crippen LogP contribution in [0.5, 0.6) is 0 Å². The zero-order valence-electron chi connectivity index (χ0n) is 17.4. The molecule has 0 aliphatic carbocycles. The Balaban J connectivity index is 1.66. The highest BCUT2D eigenvalue weighted by Gasteiger charge is 2.19. The standard InChI is InChI=1S/C22H24N6O2/c1-13(12-27-16(4)14(2)15(3)26-27)19-10-20(29)28-21(25-19)18(11-23-28)22(30)24-17-8-6-5-7-9-17/h5-11,13,23H,12H2,1-4H3,(H,24,30). The summed E-state index contributed by atoms with van der Waals surface area (Å²) in [5.74, 6) is -0.383. The van der Waals surface area contributed by atoms with Crippen LogP contribution in [-0.4, -0.2) is 30.3 Å². The van der Waals surface area contributed by atoms with Gasteiger partial charge in [-0.1, -0.05) is 25.1 Å². The Morgan fingerprint density at radius 1 is 1.20 bits per heavy atom. The molecule has 4 rings (SSSR count). The SMILES string of the molecule is Cc1nn(CC(C)c2cc(=O)n3[nH]cc(C(=O)Nc4ccccc4)c3n2)c(C)c1C. The lowest BCUT2D eigenvalue weighted by Gasteiger charge is -2.13.